The molecular formula is C18H12Cl3Sn. The van der Waals surface area contributed by atoms with E-state index in [-0.39, 0.29) is 0 Å². The fraction of sp³-hybridized carbons (Fsp3) is 0. The van der Waals surface area contributed by atoms with Crippen molar-refractivity contribution in [1.29, 1.82) is 0 Å². The van der Waals surface area contributed by atoms with Gasteiger partial charge in [0, 0.05) is 0 Å². The topological polar surface area (TPSA) is 0 Å². The number of hydrogen-bond donors (Lipinski definition) is 0. The molecule has 3 aromatic rings. The van der Waals surface area contributed by atoms with Crippen molar-refractivity contribution >= 4 is 65.3 Å². The zero-order valence-corrected chi connectivity index (χ0v) is 16.7. The molecule has 0 atom stereocenters. The first kappa shape index (κ1) is 16.2. The van der Waals surface area contributed by atoms with Crippen molar-refractivity contribution in [3.63, 3.8) is 0 Å². The van der Waals surface area contributed by atoms with Crippen LogP contribution in [0.3, 0.4) is 0 Å². The van der Waals surface area contributed by atoms with E-state index in [0.29, 0.717) is 0 Å². The molecule has 0 amide bonds. The Hall–Kier alpha value is -0.671. The van der Waals surface area contributed by atoms with Gasteiger partial charge in [0.1, 0.15) is 0 Å². The van der Waals surface area contributed by atoms with Crippen molar-refractivity contribution in [1.82, 2.24) is 0 Å². The Morgan fingerprint density at radius 1 is 0.409 bits per heavy atom. The van der Waals surface area contributed by atoms with Crippen LogP contribution in [0.5, 0.6) is 0 Å². The van der Waals surface area contributed by atoms with E-state index in [1.807, 2.05) is 36.4 Å². The molecule has 109 valence electrons. The van der Waals surface area contributed by atoms with Gasteiger partial charge in [0.15, 0.2) is 0 Å². The second kappa shape index (κ2) is 7.27. The Bertz CT molecular complexity index is 642. The average molecular weight is 453 g/mol. The molecule has 0 heterocycles. The van der Waals surface area contributed by atoms with Gasteiger partial charge in [-0.25, -0.2) is 0 Å². The van der Waals surface area contributed by atoms with Crippen LogP contribution in [0.4, 0.5) is 0 Å². The maximum atomic E-state index is 6.04. The van der Waals surface area contributed by atoms with Crippen LogP contribution >= 0.6 is 34.8 Å². The summed E-state index contributed by atoms with van der Waals surface area (Å²) in [4.78, 5) is 0. The molecule has 0 spiro atoms. The number of hydrogen-bond acceptors (Lipinski definition) is 0. The fourth-order valence-electron chi connectivity index (χ4n) is 2.35. The molecule has 22 heavy (non-hydrogen) atoms. The molecule has 0 aromatic heterocycles. The Labute approximate surface area is 152 Å². The monoisotopic (exact) mass is 453 g/mol. The second-order valence-corrected chi connectivity index (χ2v) is 13.3. The van der Waals surface area contributed by atoms with Crippen LogP contribution in [0.2, 0.25) is 15.1 Å². The van der Waals surface area contributed by atoms with E-state index < -0.39 is 19.8 Å². The molecule has 0 nitrogen and oxygen atoms in total. The first-order valence-electron chi connectivity index (χ1n) is 6.78. The van der Waals surface area contributed by atoms with Gasteiger partial charge in [-0.2, -0.15) is 0 Å². The van der Waals surface area contributed by atoms with E-state index in [0.717, 1.165) is 15.1 Å². The van der Waals surface area contributed by atoms with Crippen molar-refractivity contribution in [2.24, 2.45) is 0 Å². The third-order valence-electron chi connectivity index (χ3n) is 3.40. The summed E-state index contributed by atoms with van der Waals surface area (Å²) < 4.78 is 4.12. The van der Waals surface area contributed by atoms with Crippen LogP contribution in [-0.4, -0.2) is 19.8 Å². The van der Waals surface area contributed by atoms with Gasteiger partial charge in [-0.05, 0) is 0 Å². The minimum atomic E-state index is -2.24. The molecule has 0 saturated heterocycles. The third-order valence-corrected chi connectivity index (χ3v) is 12.0. The molecule has 3 aromatic carbocycles. The molecular weight excluding hydrogens is 441 g/mol. The summed E-state index contributed by atoms with van der Waals surface area (Å²) in [7, 11) is 0. The van der Waals surface area contributed by atoms with Gasteiger partial charge < -0.3 is 0 Å². The van der Waals surface area contributed by atoms with Crippen LogP contribution in [0.1, 0.15) is 0 Å². The summed E-state index contributed by atoms with van der Waals surface area (Å²) in [5.41, 5.74) is 0. The fourth-order valence-corrected chi connectivity index (χ4v) is 9.86. The number of halogens is 3. The van der Waals surface area contributed by atoms with Gasteiger partial charge in [-0.15, -0.1) is 0 Å². The van der Waals surface area contributed by atoms with Crippen LogP contribution < -0.4 is 10.7 Å². The molecule has 0 aliphatic heterocycles. The minimum absolute atomic E-state index is 0.763. The van der Waals surface area contributed by atoms with Gasteiger partial charge >= 0.3 is 153 Å². The van der Waals surface area contributed by atoms with E-state index in [1.54, 1.807) is 0 Å². The van der Waals surface area contributed by atoms with E-state index in [1.165, 1.54) is 10.7 Å². The van der Waals surface area contributed by atoms with Crippen molar-refractivity contribution in [3.8, 4) is 0 Å². The SMILES string of the molecule is Clc1cc[c]([Sn]([c]2ccc(Cl)cc2)[c]2ccc(Cl)cc2)cc1. The summed E-state index contributed by atoms with van der Waals surface area (Å²) >= 11 is 15.9. The van der Waals surface area contributed by atoms with Crippen molar-refractivity contribution < 1.29 is 0 Å². The summed E-state index contributed by atoms with van der Waals surface area (Å²) in [6.45, 7) is 0. The maximum absolute atomic E-state index is 6.04. The Kier molecular flexibility index (Phi) is 5.35. The Balaban J connectivity index is 2.10. The molecule has 1 radical (unpaired) electrons. The van der Waals surface area contributed by atoms with Crippen molar-refractivity contribution in [2.75, 3.05) is 0 Å². The molecule has 0 N–H and O–H groups in total. The quantitative estimate of drug-likeness (QED) is 0.523. The zero-order valence-electron chi connectivity index (χ0n) is 11.6. The van der Waals surface area contributed by atoms with Crippen molar-refractivity contribution in [3.05, 3.63) is 87.9 Å². The molecule has 0 aliphatic carbocycles. The van der Waals surface area contributed by atoms with E-state index in [9.17, 15) is 0 Å². The van der Waals surface area contributed by atoms with E-state index in [2.05, 4.69) is 36.4 Å². The van der Waals surface area contributed by atoms with Gasteiger partial charge in [-0.1, -0.05) is 0 Å². The average Bonchev–Trinajstić information content (AvgIpc) is 2.53. The predicted molar refractivity (Wildman–Crippen MR) is 99.0 cm³/mol. The molecule has 0 aliphatic rings. The molecule has 0 bridgehead atoms. The van der Waals surface area contributed by atoms with Crippen LogP contribution in [-0.2, 0) is 0 Å². The third kappa shape index (κ3) is 3.80. The first-order valence-corrected chi connectivity index (χ1v) is 12.2. The van der Waals surface area contributed by atoms with Crippen molar-refractivity contribution in [2.45, 2.75) is 0 Å². The number of benzene rings is 3. The molecule has 0 fully saturated rings. The normalized spacial score (nSPS) is 10.9. The summed E-state index contributed by atoms with van der Waals surface area (Å²) in [6.07, 6.45) is 0. The summed E-state index contributed by atoms with van der Waals surface area (Å²) in [6, 6.07) is 24.6. The van der Waals surface area contributed by atoms with E-state index >= 15 is 0 Å². The van der Waals surface area contributed by atoms with Gasteiger partial charge in [0.25, 0.3) is 0 Å². The molecule has 0 unspecified atom stereocenters. The summed E-state index contributed by atoms with van der Waals surface area (Å²) in [5.74, 6) is 0. The van der Waals surface area contributed by atoms with Gasteiger partial charge in [-0.3, -0.25) is 0 Å². The standard InChI is InChI=1S/3C6H4Cl.Sn/c3*7-6-4-2-1-3-5-6;/h3*2-5H;. The van der Waals surface area contributed by atoms with Crippen LogP contribution in [0.15, 0.2) is 72.8 Å². The van der Waals surface area contributed by atoms with Crippen LogP contribution in [0, 0.1) is 0 Å². The van der Waals surface area contributed by atoms with Gasteiger partial charge in [0.2, 0.25) is 0 Å². The molecule has 0 saturated carbocycles. The first-order chi connectivity index (χ1) is 10.6. The Morgan fingerprint density at radius 2 is 0.636 bits per heavy atom. The molecule has 3 rings (SSSR count). The predicted octanol–water partition coefficient (Wildman–Crippen LogP) is 4.16. The number of rotatable bonds is 3. The van der Waals surface area contributed by atoms with Gasteiger partial charge in [0.05, 0.1) is 0 Å². The Morgan fingerprint density at radius 3 is 0.864 bits per heavy atom. The molecule has 4 heteroatoms. The van der Waals surface area contributed by atoms with E-state index in [4.69, 9.17) is 34.8 Å². The zero-order chi connectivity index (χ0) is 15.5. The summed E-state index contributed by atoms with van der Waals surface area (Å²) in [5, 5.41) is 2.29. The second-order valence-electron chi connectivity index (χ2n) is 4.90. The van der Waals surface area contributed by atoms with Crippen LogP contribution in [0.25, 0.3) is 0 Å².